The van der Waals surface area contributed by atoms with E-state index in [-0.39, 0.29) is 23.1 Å². The molecular formula is C16H22FN3O3S. The highest BCUT2D eigenvalue weighted by Crippen LogP contribution is 2.25. The van der Waals surface area contributed by atoms with Crippen LogP contribution in [0.1, 0.15) is 27.2 Å². The molecule has 1 aromatic rings. The molecule has 0 aliphatic carbocycles. The van der Waals surface area contributed by atoms with Crippen molar-refractivity contribution in [2.24, 2.45) is 5.73 Å². The van der Waals surface area contributed by atoms with Gasteiger partial charge in [0.25, 0.3) is 0 Å². The second-order valence-electron chi connectivity index (χ2n) is 6.59. The number of carbonyl (C=O) groups excluding carboxylic acids is 1. The van der Waals surface area contributed by atoms with Gasteiger partial charge >= 0.3 is 6.09 Å². The maximum Gasteiger partial charge on any atom is 0.410 e. The SMILES string of the molecule is CC(C)(C)OC(=O)N1CCC(Oc2ccc(NC(N)=S)cc2F)C1. The lowest BCUT2D eigenvalue weighted by molar-refractivity contribution is 0.0275. The molecule has 1 atom stereocenters. The van der Waals surface area contributed by atoms with Gasteiger partial charge in [0.1, 0.15) is 11.7 Å². The lowest BCUT2D eigenvalue weighted by atomic mass is 10.2. The molecule has 0 radical (unpaired) electrons. The number of nitrogens with zero attached hydrogens (tertiary/aromatic N) is 1. The second kappa shape index (κ2) is 7.21. The lowest BCUT2D eigenvalue weighted by Gasteiger charge is -2.24. The third-order valence-electron chi connectivity index (χ3n) is 3.29. The van der Waals surface area contributed by atoms with Crippen molar-refractivity contribution in [2.45, 2.75) is 38.9 Å². The number of rotatable bonds is 3. The summed E-state index contributed by atoms with van der Waals surface area (Å²) in [7, 11) is 0. The summed E-state index contributed by atoms with van der Waals surface area (Å²) in [5.41, 5.74) is 5.26. The number of benzene rings is 1. The summed E-state index contributed by atoms with van der Waals surface area (Å²) in [6, 6.07) is 4.39. The van der Waals surface area contributed by atoms with Crippen molar-refractivity contribution in [1.29, 1.82) is 0 Å². The van der Waals surface area contributed by atoms with Crippen LogP contribution in [0.4, 0.5) is 14.9 Å². The Bertz CT molecular complexity index is 633. The maximum absolute atomic E-state index is 14.1. The molecule has 3 N–H and O–H groups in total. The Labute approximate surface area is 146 Å². The Kier molecular flexibility index (Phi) is 5.48. The first-order valence-electron chi connectivity index (χ1n) is 7.64. The minimum Gasteiger partial charge on any atom is -0.485 e. The molecular weight excluding hydrogens is 333 g/mol. The van der Waals surface area contributed by atoms with Gasteiger partial charge in [-0.05, 0) is 45.1 Å². The molecule has 8 heteroatoms. The zero-order valence-electron chi connectivity index (χ0n) is 14.0. The summed E-state index contributed by atoms with van der Waals surface area (Å²) >= 11 is 4.71. The largest absolute Gasteiger partial charge is 0.485 e. The van der Waals surface area contributed by atoms with Crippen LogP contribution in [-0.2, 0) is 4.74 Å². The smallest absolute Gasteiger partial charge is 0.410 e. The summed E-state index contributed by atoms with van der Waals surface area (Å²) in [5.74, 6) is -0.397. The number of nitrogens with one attached hydrogen (secondary N) is 1. The Hall–Kier alpha value is -2.09. The van der Waals surface area contributed by atoms with E-state index >= 15 is 0 Å². The van der Waals surface area contributed by atoms with Gasteiger partial charge in [0, 0.05) is 24.7 Å². The molecule has 2 rings (SSSR count). The van der Waals surface area contributed by atoms with E-state index in [2.05, 4.69) is 5.32 Å². The number of hydrogen-bond acceptors (Lipinski definition) is 4. The van der Waals surface area contributed by atoms with Crippen LogP contribution >= 0.6 is 12.2 Å². The molecule has 1 heterocycles. The predicted octanol–water partition coefficient (Wildman–Crippen LogP) is 2.87. The highest BCUT2D eigenvalue weighted by molar-refractivity contribution is 7.80. The number of hydrogen-bond donors (Lipinski definition) is 2. The Balaban J connectivity index is 1.93. The topological polar surface area (TPSA) is 76.8 Å². The number of thiocarbonyl (C=S) groups is 1. The number of nitrogens with two attached hydrogens (primary N) is 1. The molecule has 24 heavy (non-hydrogen) atoms. The molecule has 1 fully saturated rings. The van der Waals surface area contributed by atoms with Crippen molar-refractivity contribution in [3.05, 3.63) is 24.0 Å². The van der Waals surface area contributed by atoms with E-state index in [1.807, 2.05) is 20.8 Å². The molecule has 0 aromatic heterocycles. The van der Waals surface area contributed by atoms with E-state index in [0.29, 0.717) is 25.2 Å². The van der Waals surface area contributed by atoms with E-state index in [4.69, 9.17) is 27.4 Å². The van der Waals surface area contributed by atoms with E-state index < -0.39 is 11.4 Å². The van der Waals surface area contributed by atoms with Crippen LogP contribution in [0.25, 0.3) is 0 Å². The van der Waals surface area contributed by atoms with Crippen LogP contribution in [0.2, 0.25) is 0 Å². The Morgan fingerprint density at radius 3 is 2.75 bits per heavy atom. The third kappa shape index (κ3) is 5.23. The van der Waals surface area contributed by atoms with Crippen LogP contribution in [0.15, 0.2) is 18.2 Å². The molecule has 1 aliphatic heterocycles. The quantitative estimate of drug-likeness (QED) is 0.812. The van der Waals surface area contributed by atoms with Crippen molar-refractivity contribution in [2.75, 3.05) is 18.4 Å². The van der Waals surface area contributed by atoms with Crippen molar-refractivity contribution in [3.63, 3.8) is 0 Å². The fourth-order valence-electron chi connectivity index (χ4n) is 2.31. The second-order valence-corrected chi connectivity index (χ2v) is 7.03. The zero-order chi connectivity index (χ0) is 17.9. The third-order valence-corrected chi connectivity index (χ3v) is 3.39. The number of carbonyl (C=O) groups is 1. The molecule has 0 spiro atoms. The molecule has 132 valence electrons. The van der Waals surface area contributed by atoms with Crippen LogP contribution in [-0.4, -0.2) is 40.9 Å². The molecule has 0 saturated carbocycles. The van der Waals surface area contributed by atoms with Crippen molar-refractivity contribution in [3.8, 4) is 5.75 Å². The summed E-state index contributed by atoms with van der Waals surface area (Å²) < 4.78 is 25.1. The van der Waals surface area contributed by atoms with Crippen LogP contribution in [0, 0.1) is 5.82 Å². The van der Waals surface area contributed by atoms with E-state index in [9.17, 15) is 9.18 Å². The van der Waals surface area contributed by atoms with Gasteiger partial charge in [0.05, 0.1) is 6.54 Å². The molecule has 1 aromatic carbocycles. The molecule has 0 bridgehead atoms. The summed E-state index contributed by atoms with van der Waals surface area (Å²) in [6.45, 7) is 6.32. The van der Waals surface area contributed by atoms with Gasteiger partial charge in [-0.3, -0.25) is 0 Å². The zero-order valence-corrected chi connectivity index (χ0v) is 14.8. The van der Waals surface area contributed by atoms with Crippen molar-refractivity contribution in [1.82, 2.24) is 4.90 Å². The standard InChI is InChI=1S/C16H22FN3O3S/c1-16(2,3)23-15(21)20-7-6-11(9-20)22-13-5-4-10(8-12(13)17)19-14(18)24/h4-5,8,11H,6-7,9H2,1-3H3,(H3,18,19,24). The summed E-state index contributed by atoms with van der Waals surface area (Å²) in [6.07, 6.45) is -0.0440. The number of ether oxygens (including phenoxy) is 2. The van der Waals surface area contributed by atoms with E-state index in [1.165, 1.54) is 12.1 Å². The fourth-order valence-corrected chi connectivity index (χ4v) is 2.43. The first-order valence-corrected chi connectivity index (χ1v) is 8.05. The molecule has 1 unspecified atom stereocenters. The van der Waals surface area contributed by atoms with Gasteiger partial charge in [-0.1, -0.05) is 0 Å². The first-order chi connectivity index (χ1) is 11.1. The number of anilines is 1. The number of amides is 1. The van der Waals surface area contributed by atoms with Crippen LogP contribution in [0.5, 0.6) is 5.75 Å². The lowest BCUT2D eigenvalue weighted by Crippen LogP contribution is -2.36. The van der Waals surface area contributed by atoms with Crippen LogP contribution in [0.3, 0.4) is 0 Å². The minimum atomic E-state index is -0.547. The highest BCUT2D eigenvalue weighted by Gasteiger charge is 2.31. The van der Waals surface area contributed by atoms with Gasteiger partial charge in [-0.25, -0.2) is 9.18 Å². The minimum absolute atomic E-state index is 0.0619. The predicted molar refractivity (Wildman–Crippen MR) is 93.6 cm³/mol. The number of halogens is 1. The summed E-state index contributed by atoms with van der Waals surface area (Å²) in [4.78, 5) is 13.6. The van der Waals surface area contributed by atoms with Gasteiger partial charge < -0.3 is 25.4 Å². The van der Waals surface area contributed by atoms with Gasteiger partial charge in [0.15, 0.2) is 16.7 Å². The fraction of sp³-hybridized carbons (Fsp3) is 0.500. The summed E-state index contributed by atoms with van der Waals surface area (Å²) in [5, 5.41) is 2.72. The Morgan fingerprint density at radius 1 is 1.46 bits per heavy atom. The molecule has 1 amide bonds. The normalized spacial score (nSPS) is 17.5. The molecule has 1 saturated heterocycles. The van der Waals surface area contributed by atoms with E-state index in [1.54, 1.807) is 11.0 Å². The average molecular weight is 355 g/mol. The molecule has 1 aliphatic rings. The van der Waals surface area contributed by atoms with Gasteiger partial charge in [-0.2, -0.15) is 0 Å². The van der Waals surface area contributed by atoms with Crippen molar-refractivity contribution >= 4 is 29.1 Å². The van der Waals surface area contributed by atoms with Crippen LogP contribution < -0.4 is 15.8 Å². The van der Waals surface area contributed by atoms with Crippen molar-refractivity contribution < 1.29 is 18.7 Å². The van der Waals surface area contributed by atoms with Gasteiger partial charge in [0.2, 0.25) is 0 Å². The average Bonchev–Trinajstić information content (AvgIpc) is 2.88. The monoisotopic (exact) mass is 355 g/mol. The number of likely N-dealkylation sites (tertiary alicyclic amines) is 1. The Morgan fingerprint density at radius 2 is 2.17 bits per heavy atom. The first kappa shape index (κ1) is 18.3. The van der Waals surface area contributed by atoms with Gasteiger partial charge in [-0.15, -0.1) is 0 Å². The highest BCUT2D eigenvalue weighted by atomic mass is 32.1. The molecule has 6 nitrogen and oxygen atoms in total. The maximum atomic E-state index is 14.1. The van der Waals surface area contributed by atoms with E-state index in [0.717, 1.165) is 0 Å².